The number of amides is 2. The summed E-state index contributed by atoms with van der Waals surface area (Å²) in [6.07, 6.45) is 1.14. The smallest absolute Gasteiger partial charge is 0.253 e. The van der Waals surface area contributed by atoms with Gasteiger partial charge in [-0.25, -0.2) is 0 Å². The lowest BCUT2D eigenvalue weighted by Gasteiger charge is -2.44. The molecule has 0 radical (unpaired) electrons. The number of hydrogen-bond acceptors (Lipinski definition) is 5. The van der Waals surface area contributed by atoms with E-state index >= 15 is 0 Å². The number of nitrogens with zero attached hydrogens (tertiary/aromatic N) is 2. The van der Waals surface area contributed by atoms with E-state index in [2.05, 4.69) is 10.2 Å². The second-order valence-electron chi connectivity index (χ2n) is 6.60. The van der Waals surface area contributed by atoms with Crippen LogP contribution >= 0.6 is 0 Å². The van der Waals surface area contributed by atoms with Crippen molar-refractivity contribution < 1.29 is 19.4 Å². The molecule has 0 spiro atoms. The first-order chi connectivity index (χ1) is 10.3. The number of piperidine rings is 1. The Kier molecular flexibility index (Phi) is 5.09. The summed E-state index contributed by atoms with van der Waals surface area (Å²) in [5.41, 5.74) is -1.67. The molecule has 2 amide bonds. The highest BCUT2D eigenvalue weighted by Gasteiger charge is 2.42. The van der Waals surface area contributed by atoms with E-state index in [9.17, 15) is 14.7 Å². The van der Waals surface area contributed by atoms with Gasteiger partial charge >= 0.3 is 0 Å². The lowest BCUT2D eigenvalue weighted by atomic mass is 9.90. The maximum Gasteiger partial charge on any atom is 0.253 e. The van der Waals surface area contributed by atoms with Crippen LogP contribution in [0, 0.1) is 0 Å². The van der Waals surface area contributed by atoms with Crippen molar-refractivity contribution in [1.29, 1.82) is 0 Å². The normalized spacial score (nSPS) is 29.2. The maximum atomic E-state index is 12.0. The van der Waals surface area contributed by atoms with E-state index in [1.54, 1.807) is 25.8 Å². The van der Waals surface area contributed by atoms with Crippen molar-refractivity contribution in [1.82, 2.24) is 15.1 Å². The molecule has 2 saturated heterocycles. The molecular formula is C15H27N3O4. The standard InChI is InChI=1S/C15H27N3O4/c1-12(19)18-6-4-15(21,5-7-18)11-17-8-9-22-14(2,10-17)13(20)16-3/h21H,4-11H2,1-3H3,(H,16,20)/t14-/m1/s1. The van der Waals surface area contributed by atoms with Gasteiger partial charge in [-0.05, 0) is 19.8 Å². The van der Waals surface area contributed by atoms with Crippen LogP contribution in [0.1, 0.15) is 26.7 Å². The Balaban J connectivity index is 1.93. The van der Waals surface area contributed by atoms with Crippen molar-refractivity contribution in [2.75, 3.05) is 46.4 Å². The first kappa shape index (κ1) is 17.2. The third-order valence-corrected chi connectivity index (χ3v) is 4.72. The zero-order valence-electron chi connectivity index (χ0n) is 13.7. The molecular weight excluding hydrogens is 286 g/mol. The number of morpholine rings is 1. The Hall–Kier alpha value is -1.18. The molecule has 2 aliphatic heterocycles. The minimum absolute atomic E-state index is 0.0561. The molecule has 0 bridgehead atoms. The van der Waals surface area contributed by atoms with E-state index in [-0.39, 0.29) is 11.8 Å². The van der Waals surface area contributed by atoms with Crippen LogP contribution in [0.5, 0.6) is 0 Å². The molecule has 0 unspecified atom stereocenters. The van der Waals surface area contributed by atoms with E-state index in [1.165, 1.54) is 0 Å². The Labute approximate surface area is 131 Å². The molecule has 0 aromatic heterocycles. The summed E-state index contributed by atoms with van der Waals surface area (Å²) in [7, 11) is 1.60. The molecule has 0 aromatic carbocycles. The van der Waals surface area contributed by atoms with Crippen LogP contribution in [0.2, 0.25) is 0 Å². The van der Waals surface area contributed by atoms with Crippen LogP contribution in [-0.2, 0) is 14.3 Å². The molecule has 2 N–H and O–H groups in total. The summed E-state index contributed by atoms with van der Waals surface area (Å²) in [5.74, 6) is -0.0868. The Bertz CT molecular complexity index is 435. The summed E-state index contributed by atoms with van der Waals surface area (Å²) in [6, 6.07) is 0. The van der Waals surface area contributed by atoms with E-state index in [0.717, 1.165) is 0 Å². The number of carbonyl (C=O) groups excluding carboxylic acids is 2. The number of likely N-dealkylation sites (tertiary alicyclic amines) is 1. The third-order valence-electron chi connectivity index (χ3n) is 4.72. The highest BCUT2D eigenvalue weighted by Crippen LogP contribution is 2.26. The van der Waals surface area contributed by atoms with Gasteiger partial charge in [0.1, 0.15) is 0 Å². The van der Waals surface area contributed by atoms with Crippen LogP contribution < -0.4 is 5.32 Å². The van der Waals surface area contributed by atoms with Crippen LogP contribution in [-0.4, -0.2) is 84.3 Å². The summed E-state index contributed by atoms with van der Waals surface area (Å²) < 4.78 is 5.63. The van der Waals surface area contributed by atoms with Gasteiger partial charge in [0.25, 0.3) is 5.91 Å². The lowest BCUT2D eigenvalue weighted by Crippen LogP contribution is -2.61. The molecule has 1 atom stereocenters. The Morgan fingerprint density at radius 3 is 2.45 bits per heavy atom. The van der Waals surface area contributed by atoms with Gasteiger partial charge in [0, 0.05) is 46.7 Å². The lowest BCUT2D eigenvalue weighted by molar-refractivity contribution is -0.161. The molecule has 0 saturated carbocycles. The van der Waals surface area contributed by atoms with Crippen LogP contribution in [0.3, 0.4) is 0 Å². The van der Waals surface area contributed by atoms with Crippen molar-refractivity contribution in [2.45, 2.75) is 37.9 Å². The van der Waals surface area contributed by atoms with Crippen molar-refractivity contribution in [2.24, 2.45) is 0 Å². The molecule has 126 valence electrons. The van der Waals surface area contributed by atoms with Gasteiger partial charge in [0.2, 0.25) is 5.91 Å². The van der Waals surface area contributed by atoms with E-state index < -0.39 is 11.2 Å². The first-order valence-corrected chi connectivity index (χ1v) is 7.84. The number of aliphatic hydroxyl groups is 1. The number of carbonyl (C=O) groups is 2. The van der Waals surface area contributed by atoms with Crippen LogP contribution in [0.4, 0.5) is 0 Å². The molecule has 7 heteroatoms. The van der Waals surface area contributed by atoms with Crippen molar-refractivity contribution >= 4 is 11.8 Å². The number of β-amino-alcohol motifs (C(OH)–C–C–N with tert-alkyl or cyclic N) is 1. The summed E-state index contributed by atoms with van der Waals surface area (Å²) in [5, 5.41) is 13.4. The molecule has 2 heterocycles. The quantitative estimate of drug-likeness (QED) is 0.713. The highest BCUT2D eigenvalue weighted by atomic mass is 16.5. The fourth-order valence-electron chi connectivity index (χ4n) is 3.30. The van der Waals surface area contributed by atoms with Crippen LogP contribution in [0.25, 0.3) is 0 Å². The predicted octanol–water partition coefficient (Wildman–Crippen LogP) is -0.803. The monoisotopic (exact) mass is 313 g/mol. The molecule has 7 nitrogen and oxygen atoms in total. The average molecular weight is 313 g/mol. The van der Waals surface area contributed by atoms with E-state index in [1.807, 2.05) is 0 Å². The first-order valence-electron chi connectivity index (χ1n) is 7.84. The zero-order valence-corrected chi connectivity index (χ0v) is 13.7. The molecule has 0 aliphatic carbocycles. The fourth-order valence-corrected chi connectivity index (χ4v) is 3.30. The van der Waals surface area contributed by atoms with E-state index in [0.29, 0.717) is 52.2 Å². The molecule has 0 aromatic rings. The van der Waals surface area contributed by atoms with E-state index in [4.69, 9.17) is 4.74 Å². The number of ether oxygens (including phenoxy) is 1. The third kappa shape index (κ3) is 3.77. The molecule has 2 rings (SSSR count). The highest BCUT2D eigenvalue weighted by molar-refractivity contribution is 5.84. The second kappa shape index (κ2) is 6.52. The second-order valence-corrected chi connectivity index (χ2v) is 6.60. The van der Waals surface area contributed by atoms with Gasteiger partial charge in [-0.3, -0.25) is 14.5 Å². The van der Waals surface area contributed by atoms with Crippen molar-refractivity contribution in [3.05, 3.63) is 0 Å². The molecule has 22 heavy (non-hydrogen) atoms. The van der Waals surface area contributed by atoms with Crippen LogP contribution in [0.15, 0.2) is 0 Å². The minimum atomic E-state index is -0.872. The summed E-state index contributed by atoms with van der Waals surface area (Å²) in [6.45, 7) is 6.65. The topological polar surface area (TPSA) is 82.1 Å². The van der Waals surface area contributed by atoms with Gasteiger partial charge in [-0.1, -0.05) is 0 Å². The summed E-state index contributed by atoms with van der Waals surface area (Å²) >= 11 is 0. The minimum Gasteiger partial charge on any atom is -0.388 e. The van der Waals surface area contributed by atoms with Gasteiger partial charge in [-0.2, -0.15) is 0 Å². The van der Waals surface area contributed by atoms with Crippen molar-refractivity contribution in [3.63, 3.8) is 0 Å². The molecule has 2 fully saturated rings. The fraction of sp³-hybridized carbons (Fsp3) is 0.867. The van der Waals surface area contributed by atoms with Gasteiger partial charge < -0.3 is 20.1 Å². The summed E-state index contributed by atoms with van der Waals surface area (Å²) in [4.78, 5) is 27.2. The number of nitrogens with one attached hydrogen (secondary N) is 1. The number of hydrogen-bond donors (Lipinski definition) is 2. The van der Waals surface area contributed by atoms with Gasteiger partial charge in [-0.15, -0.1) is 0 Å². The Morgan fingerprint density at radius 1 is 1.27 bits per heavy atom. The average Bonchev–Trinajstić information content (AvgIpc) is 2.46. The van der Waals surface area contributed by atoms with Gasteiger partial charge in [0.15, 0.2) is 5.60 Å². The maximum absolute atomic E-state index is 12.0. The molecule has 2 aliphatic rings. The Morgan fingerprint density at radius 2 is 1.91 bits per heavy atom. The van der Waals surface area contributed by atoms with Crippen molar-refractivity contribution in [3.8, 4) is 0 Å². The SMILES string of the molecule is CNC(=O)[C@@]1(C)CN(CC2(O)CCN(C(C)=O)CC2)CCO1. The zero-order chi connectivity index (χ0) is 16.4. The number of likely N-dealkylation sites (N-methyl/N-ethyl adjacent to an activating group) is 1. The predicted molar refractivity (Wildman–Crippen MR) is 81.3 cm³/mol. The largest absolute Gasteiger partial charge is 0.388 e. The number of rotatable bonds is 3. The van der Waals surface area contributed by atoms with Gasteiger partial charge in [0.05, 0.1) is 12.2 Å².